The third-order valence-electron chi connectivity index (χ3n) is 2.60. The molecule has 1 rings (SSSR count). The molecule has 0 heterocycles. The van der Waals surface area contributed by atoms with Crippen molar-refractivity contribution in [2.45, 2.75) is 26.3 Å². The third kappa shape index (κ3) is 2.94. The topological polar surface area (TPSA) is 63.3 Å². The third-order valence-corrected chi connectivity index (χ3v) is 2.60. The Balaban J connectivity index is 2.93. The van der Waals surface area contributed by atoms with Gasteiger partial charge in [0.15, 0.2) is 0 Å². The van der Waals surface area contributed by atoms with Gasteiger partial charge in [0.1, 0.15) is 6.04 Å². The lowest BCUT2D eigenvalue weighted by Crippen LogP contribution is -2.30. The van der Waals surface area contributed by atoms with Crippen LogP contribution in [-0.2, 0) is 4.79 Å². The standard InChI is InChI=1S/C13H17NO2/c1-3-10(8-12(14)13(15)16)11-7-5-4-6-9(11)2/h3-7,12H,8,14H2,1-2H3,(H,15,16)/b10-3-. The second-order valence-corrected chi connectivity index (χ2v) is 3.78. The zero-order chi connectivity index (χ0) is 12.1. The summed E-state index contributed by atoms with van der Waals surface area (Å²) < 4.78 is 0. The van der Waals surface area contributed by atoms with E-state index in [1.165, 1.54) is 0 Å². The van der Waals surface area contributed by atoms with Crippen molar-refractivity contribution in [2.75, 3.05) is 0 Å². The number of carboxylic acid groups (broad SMARTS) is 1. The van der Waals surface area contributed by atoms with E-state index in [-0.39, 0.29) is 0 Å². The summed E-state index contributed by atoms with van der Waals surface area (Å²) in [7, 11) is 0. The number of carbonyl (C=O) groups is 1. The maximum atomic E-state index is 10.7. The Morgan fingerprint density at radius 3 is 2.62 bits per heavy atom. The fourth-order valence-corrected chi connectivity index (χ4v) is 1.64. The van der Waals surface area contributed by atoms with Gasteiger partial charge in [-0.05, 0) is 37.0 Å². The van der Waals surface area contributed by atoms with Crippen molar-refractivity contribution >= 4 is 11.5 Å². The normalized spacial score (nSPS) is 13.6. The molecule has 0 amide bonds. The van der Waals surface area contributed by atoms with E-state index in [2.05, 4.69) is 0 Å². The number of benzene rings is 1. The summed E-state index contributed by atoms with van der Waals surface area (Å²) >= 11 is 0. The van der Waals surface area contributed by atoms with E-state index in [4.69, 9.17) is 10.8 Å². The Labute approximate surface area is 95.6 Å². The lowest BCUT2D eigenvalue weighted by atomic mass is 9.95. The Morgan fingerprint density at radius 2 is 2.12 bits per heavy atom. The summed E-state index contributed by atoms with van der Waals surface area (Å²) in [5.41, 5.74) is 8.72. The molecule has 0 aliphatic carbocycles. The molecule has 1 aromatic carbocycles. The van der Waals surface area contributed by atoms with Crippen molar-refractivity contribution in [1.82, 2.24) is 0 Å². The van der Waals surface area contributed by atoms with Gasteiger partial charge in [-0.1, -0.05) is 30.3 Å². The molecular formula is C13H17NO2. The van der Waals surface area contributed by atoms with Crippen LogP contribution >= 0.6 is 0 Å². The number of rotatable bonds is 4. The van der Waals surface area contributed by atoms with Gasteiger partial charge >= 0.3 is 5.97 Å². The van der Waals surface area contributed by atoms with Gasteiger partial charge in [0.25, 0.3) is 0 Å². The summed E-state index contributed by atoms with van der Waals surface area (Å²) in [4.78, 5) is 10.7. The first kappa shape index (κ1) is 12.5. The van der Waals surface area contributed by atoms with Gasteiger partial charge in [-0.2, -0.15) is 0 Å². The van der Waals surface area contributed by atoms with E-state index in [9.17, 15) is 4.79 Å². The number of carboxylic acids is 1. The van der Waals surface area contributed by atoms with Gasteiger partial charge in [0, 0.05) is 0 Å². The lowest BCUT2D eigenvalue weighted by molar-refractivity contribution is -0.138. The zero-order valence-corrected chi connectivity index (χ0v) is 9.60. The molecular weight excluding hydrogens is 202 g/mol. The monoisotopic (exact) mass is 219 g/mol. The summed E-state index contributed by atoms with van der Waals surface area (Å²) in [5.74, 6) is -0.965. The molecule has 86 valence electrons. The molecule has 0 aliphatic heterocycles. The molecule has 1 atom stereocenters. The van der Waals surface area contributed by atoms with Crippen LogP contribution in [0.3, 0.4) is 0 Å². The summed E-state index contributed by atoms with van der Waals surface area (Å²) in [6.07, 6.45) is 2.28. The highest BCUT2D eigenvalue weighted by Gasteiger charge is 2.15. The second-order valence-electron chi connectivity index (χ2n) is 3.78. The van der Waals surface area contributed by atoms with Crippen LogP contribution in [0.1, 0.15) is 24.5 Å². The van der Waals surface area contributed by atoms with Crippen LogP contribution in [0.5, 0.6) is 0 Å². The number of allylic oxidation sites excluding steroid dienone is 1. The fourth-order valence-electron chi connectivity index (χ4n) is 1.64. The summed E-state index contributed by atoms with van der Waals surface area (Å²) in [5, 5.41) is 8.79. The fraction of sp³-hybridized carbons (Fsp3) is 0.308. The average molecular weight is 219 g/mol. The molecule has 0 aliphatic rings. The highest BCUT2D eigenvalue weighted by Crippen LogP contribution is 2.22. The zero-order valence-electron chi connectivity index (χ0n) is 9.60. The molecule has 0 radical (unpaired) electrons. The highest BCUT2D eigenvalue weighted by atomic mass is 16.4. The molecule has 1 unspecified atom stereocenters. The molecule has 3 heteroatoms. The van der Waals surface area contributed by atoms with Gasteiger partial charge in [-0.15, -0.1) is 0 Å². The molecule has 16 heavy (non-hydrogen) atoms. The van der Waals surface area contributed by atoms with Crippen molar-refractivity contribution in [2.24, 2.45) is 5.73 Å². The van der Waals surface area contributed by atoms with Crippen molar-refractivity contribution in [3.05, 3.63) is 41.5 Å². The Bertz CT molecular complexity index is 410. The van der Waals surface area contributed by atoms with Crippen LogP contribution in [0.2, 0.25) is 0 Å². The first-order valence-corrected chi connectivity index (χ1v) is 5.25. The van der Waals surface area contributed by atoms with Crippen molar-refractivity contribution in [3.8, 4) is 0 Å². The minimum Gasteiger partial charge on any atom is -0.480 e. The average Bonchev–Trinajstić information content (AvgIpc) is 2.26. The molecule has 0 saturated carbocycles. The quantitative estimate of drug-likeness (QED) is 0.816. The molecule has 1 aromatic rings. The molecule has 0 bridgehead atoms. The van der Waals surface area contributed by atoms with E-state index in [0.717, 1.165) is 16.7 Å². The van der Waals surface area contributed by atoms with E-state index >= 15 is 0 Å². The minimum atomic E-state index is -0.965. The largest absolute Gasteiger partial charge is 0.480 e. The smallest absolute Gasteiger partial charge is 0.320 e. The number of nitrogens with two attached hydrogens (primary N) is 1. The molecule has 0 saturated heterocycles. The maximum absolute atomic E-state index is 10.7. The first-order chi connectivity index (χ1) is 7.56. The number of aliphatic carboxylic acids is 1. The van der Waals surface area contributed by atoms with E-state index in [0.29, 0.717) is 6.42 Å². The van der Waals surface area contributed by atoms with E-state index in [1.54, 1.807) is 0 Å². The first-order valence-electron chi connectivity index (χ1n) is 5.25. The molecule has 3 nitrogen and oxygen atoms in total. The number of hydrogen-bond donors (Lipinski definition) is 2. The molecule has 0 fully saturated rings. The molecule has 3 N–H and O–H groups in total. The molecule has 0 aromatic heterocycles. The van der Waals surface area contributed by atoms with Crippen molar-refractivity contribution < 1.29 is 9.90 Å². The number of hydrogen-bond acceptors (Lipinski definition) is 2. The van der Waals surface area contributed by atoms with Gasteiger partial charge in [-0.25, -0.2) is 0 Å². The second kappa shape index (κ2) is 5.47. The van der Waals surface area contributed by atoms with Crippen LogP contribution in [-0.4, -0.2) is 17.1 Å². The van der Waals surface area contributed by atoms with Crippen LogP contribution < -0.4 is 5.73 Å². The summed E-state index contributed by atoms with van der Waals surface area (Å²) in [6, 6.07) is 7.05. The minimum absolute atomic E-state index is 0.358. The van der Waals surface area contributed by atoms with Gasteiger partial charge in [0.2, 0.25) is 0 Å². The van der Waals surface area contributed by atoms with Gasteiger partial charge in [0.05, 0.1) is 0 Å². The van der Waals surface area contributed by atoms with Gasteiger partial charge in [-0.3, -0.25) is 4.79 Å². The Morgan fingerprint density at radius 1 is 1.50 bits per heavy atom. The van der Waals surface area contributed by atoms with Crippen molar-refractivity contribution in [3.63, 3.8) is 0 Å². The van der Waals surface area contributed by atoms with Crippen LogP contribution in [0.4, 0.5) is 0 Å². The summed E-state index contributed by atoms with van der Waals surface area (Å²) in [6.45, 7) is 3.90. The van der Waals surface area contributed by atoms with Crippen LogP contribution in [0.25, 0.3) is 5.57 Å². The number of aryl methyl sites for hydroxylation is 1. The highest BCUT2D eigenvalue weighted by molar-refractivity contribution is 5.78. The van der Waals surface area contributed by atoms with Crippen molar-refractivity contribution in [1.29, 1.82) is 0 Å². The maximum Gasteiger partial charge on any atom is 0.320 e. The lowest BCUT2D eigenvalue weighted by Gasteiger charge is -2.12. The van der Waals surface area contributed by atoms with Gasteiger partial charge < -0.3 is 10.8 Å². The van der Waals surface area contributed by atoms with E-state index in [1.807, 2.05) is 44.2 Å². The predicted molar refractivity (Wildman–Crippen MR) is 65.1 cm³/mol. The van der Waals surface area contributed by atoms with E-state index < -0.39 is 12.0 Å². The molecule has 0 spiro atoms. The van der Waals surface area contributed by atoms with Crippen LogP contribution in [0.15, 0.2) is 30.3 Å². The Kier molecular flexibility index (Phi) is 4.26. The van der Waals surface area contributed by atoms with Crippen LogP contribution in [0, 0.1) is 6.92 Å². The SMILES string of the molecule is C/C=C(/CC(N)C(=O)O)c1ccccc1C. The predicted octanol–water partition coefficient (Wildman–Crippen LogP) is 2.20. The Hall–Kier alpha value is -1.61.